The number of nitrogens with two attached hydrogens (primary N) is 1. The lowest BCUT2D eigenvalue weighted by atomic mass is 10.0. The number of hydrogen-bond donors (Lipinski definition) is 1. The fourth-order valence-electron chi connectivity index (χ4n) is 2.15. The highest BCUT2D eigenvalue weighted by atomic mass is 16.5. The molecule has 1 amide bonds. The number of nitrogens with zero attached hydrogens (tertiary/aromatic N) is 2. The van der Waals surface area contributed by atoms with Crippen LogP contribution in [0.2, 0.25) is 0 Å². The van der Waals surface area contributed by atoms with Crippen LogP contribution in [0.4, 0.5) is 11.4 Å². The van der Waals surface area contributed by atoms with Crippen LogP contribution in [0.3, 0.4) is 0 Å². The van der Waals surface area contributed by atoms with Crippen molar-refractivity contribution in [3.8, 4) is 0 Å². The summed E-state index contributed by atoms with van der Waals surface area (Å²) < 4.78 is 5.31. The molecule has 0 aromatic heterocycles. The molecule has 1 aromatic rings. The highest BCUT2D eigenvalue weighted by molar-refractivity contribution is 6.16. The topological polar surface area (TPSA) is 67.9 Å². The average Bonchev–Trinajstić information content (AvgIpc) is 2.68. The summed E-state index contributed by atoms with van der Waals surface area (Å²) in [6, 6.07) is 7.18. The minimum absolute atomic E-state index is 0.0229. The van der Waals surface area contributed by atoms with Crippen molar-refractivity contribution in [3.05, 3.63) is 24.3 Å². The summed E-state index contributed by atoms with van der Waals surface area (Å²) in [6.45, 7) is 1.09. The summed E-state index contributed by atoms with van der Waals surface area (Å²) in [4.78, 5) is 12.1. The third-order valence-corrected chi connectivity index (χ3v) is 3.04. The molecule has 5 heteroatoms. The minimum Gasteiger partial charge on any atom is -0.399 e. The van der Waals surface area contributed by atoms with Gasteiger partial charge in [0.15, 0.2) is 0 Å². The molecule has 88 valence electrons. The lowest BCUT2D eigenvalue weighted by Gasteiger charge is -2.17. The van der Waals surface area contributed by atoms with Gasteiger partial charge >= 0.3 is 0 Å². The molecule has 3 rings (SSSR count). The van der Waals surface area contributed by atoms with E-state index in [1.165, 1.54) is 5.01 Å². The van der Waals surface area contributed by atoms with Gasteiger partial charge in [0.25, 0.3) is 5.91 Å². The molecule has 0 radical (unpaired) electrons. The molecule has 1 saturated heterocycles. The van der Waals surface area contributed by atoms with Crippen molar-refractivity contribution in [1.82, 2.24) is 0 Å². The van der Waals surface area contributed by atoms with Crippen molar-refractivity contribution in [2.24, 2.45) is 11.0 Å². The lowest BCUT2D eigenvalue weighted by molar-refractivity contribution is -0.121. The van der Waals surface area contributed by atoms with E-state index in [1.807, 2.05) is 12.1 Å². The zero-order valence-corrected chi connectivity index (χ0v) is 9.30. The van der Waals surface area contributed by atoms with Gasteiger partial charge in [-0.2, -0.15) is 5.10 Å². The van der Waals surface area contributed by atoms with Crippen LogP contribution >= 0.6 is 0 Å². The van der Waals surface area contributed by atoms with Gasteiger partial charge in [-0.1, -0.05) is 6.07 Å². The lowest BCUT2D eigenvalue weighted by Crippen LogP contribution is -2.33. The fraction of sp³-hybridized carbons (Fsp3) is 0.333. The van der Waals surface area contributed by atoms with Crippen LogP contribution in [0.5, 0.6) is 0 Å². The number of ether oxygens (including phenoxy) is 1. The molecular formula is C12H13N3O2. The standard InChI is InChI=1S/C12H13N3O2/c13-8-2-1-3-9(6-8)15-12(16)10-7-17-5-4-11(10)14-15/h1-3,6,10H,4-5,7,13H2. The molecule has 17 heavy (non-hydrogen) atoms. The first-order valence-corrected chi connectivity index (χ1v) is 5.60. The van der Waals surface area contributed by atoms with Crippen molar-refractivity contribution in [2.45, 2.75) is 6.42 Å². The van der Waals surface area contributed by atoms with Crippen LogP contribution in [0.1, 0.15) is 6.42 Å². The number of amides is 1. The number of rotatable bonds is 1. The van der Waals surface area contributed by atoms with E-state index in [-0.39, 0.29) is 11.8 Å². The maximum Gasteiger partial charge on any atom is 0.258 e. The Kier molecular flexibility index (Phi) is 2.33. The highest BCUT2D eigenvalue weighted by Crippen LogP contribution is 2.28. The van der Waals surface area contributed by atoms with Gasteiger partial charge in [0.2, 0.25) is 0 Å². The van der Waals surface area contributed by atoms with Crippen LogP contribution in [-0.2, 0) is 9.53 Å². The fourth-order valence-corrected chi connectivity index (χ4v) is 2.15. The second-order valence-corrected chi connectivity index (χ2v) is 4.21. The zero-order chi connectivity index (χ0) is 11.8. The Labute approximate surface area is 98.8 Å². The Morgan fingerprint density at radius 3 is 3.12 bits per heavy atom. The number of carbonyl (C=O) groups is 1. The maximum atomic E-state index is 12.1. The van der Waals surface area contributed by atoms with Gasteiger partial charge in [0.05, 0.1) is 24.6 Å². The summed E-state index contributed by atoms with van der Waals surface area (Å²) in [6.07, 6.45) is 0.731. The second kappa shape index (κ2) is 3.85. The van der Waals surface area contributed by atoms with E-state index in [9.17, 15) is 4.79 Å². The molecule has 2 aliphatic heterocycles. The predicted molar refractivity (Wildman–Crippen MR) is 64.7 cm³/mol. The van der Waals surface area contributed by atoms with E-state index in [2.05, 4.69) is 5.10 Å². The van der Waals surface area contributed by atoms with Gasteiger partial charge in [0, 0.05) is 12.1 Å². The van der Waals surface area contributed by atoms with Crippen LogP contribution < -0.4 is 10.7 Å². The molecule has 1 atom stereocenters. The maximum absolute atomic E-state index is 12.1. The van der Waals surface area contributed by atoms with Gasteiger partial charge < -0.3 is 10.5 Å². The summed E-state index contributed by atoms with van der Waals surface area (Å²) in [5.74, 6) is -0.226. The Bertz CT molecular complexity index is 498. The molecule has 0 aliphatic carbocycles. The molecule has 2 aliphatic rings. The molecule has 1 unspecified atom stereocenters. The number of carbonyl (C=O) groups excluding carboxylic acids is 1. The van der Waals surface area contributed by atoms with Gasteiger partial charge in [0.1, 0.15) is 5.92 Å². The highest BCUT2D eigenvalue weighted by Gasteiger charge is 2.38. The van der Waals surface area contributed by atoms with Crippen LogP contribution in [-0.4, -0.2) is 24.8 Å². The molecule has 0 bridgehead atoms. The van der Waals surface area contributed by atoms with Crippen LogP contribution in [0.15, 0.2) is 29.4 Å². The molecule has 2 heterocycles. The molecule has 0 spiro atoms. The SMILES string of the molecule is Nc1cccc(N2N=C3CCOCC3C2=O)c1. The van der Waals surface area contributed by atoms with Crippen molar-refractivity contribution in [1.29, 1.82) is 0 Å². The molecule has 1 aromatic carbocycles. The van der Waals surface area contributed by atoms with Crippen molar-refractivity contribution in [2.75, 3.05) is 24.0 Å². The number of anilines is 2. The largest absolute Gasteiger partial charge is 0.399 e. The Morgan fingerprint density at radius 2 is 2.35 bits per heavy atom. The smallest absolute Gasteiger partial charge is 0.258 e. The van der Waals surface area contributed by atoms with Gasteiger partial charge in [-0.05, 0) is 18.2 Å². The monoisotopic (exact) mass is 231 g/mol. The number of nitrogen functional groups attached to an aromatic ring is 1. The number of benzene rings is 1. The number of fused-ring (bicyclic) bond motifs is 1. The Hall–Kier alpha value is -1.88. The Morgan fingerprint density at radius 1 is 1.47 bits per heavy atom. The molecule has 2 N–H and O–H groups in total. The average molecular weight is 231 g/mol. The van der Waals surface area contributed by atoms with Crippen LogP contribution in [0.25, 0.3) is 0 Å². The molecule has 0 saturated carbocycles. The van der Waals surface area contributed by atoms with E-state index in [0.717, 1.165) is 17.8 Å². The van der Waals surface area contributed by atoms with E-state index >= 15 is 0 Å². The second-order valence-electron chi connectivity index (χ2n) is 4.21. The summed E-state index contributed by atoms with van der Waals surface area (Å²) in [5, 5.41) is 5.80. The first kappa shape index (κ1) is 10.3. The van der Waals surface area contributed by atoms with E-state index < -0.39 is 0 Å². The first-order chi connectivity index (χ1) is 8.25. The van der Waals surface area contributed by atoms with E-state index in [4.69, 9.17) is 10.5 Å². The normalized spacial score (nSPS) is 23.5. The van der Waals surface area contributed by atoms with Crippen LogP contribution in [0, 0.1) is 5.92 Å². The molecular weight excluding hydrogens is 218 g/mol. The van der Waals surface area contributed by atoms with Gasteiger partial charge in [-0.3, -0.25) is 4.79 Å². The molecule has 1 fully saturated rings. The summed E-state index contributed by atoms with van der Waals surface area (Å²) >= 11 is 0. The molecule has 5 nitrogen and oxygen atoms in total. The first-order valence-electron chi connectivity index (χ1n) is 5.60. The third kappa shape index (κ3) is 1.68. The Balaban J connectivity index is 1.94. The van der Waals surface area contributed by atoms with Gasteiger partial charge in [-0.25, -0.2) is 5.01 Å². The summed E-state index contributed by atoms with van der Waals surface area (Å²) in [7, 11) is 0. The van der Waals surface area contributed by atoms with E-state index in [1.54, 1.807) is 12.1 Å². The summed E-state index contributed by atoms with van der Waals surface area (Å²) in [5.41, 5.74) is 7.97. The third-order valence-electron chi connectivity index (χ3n) is 3.04. The van der Waals surface area contributed by atoms with Crippen molar-refractivity contribution in [3.63, 3.8) is 0 Å². The number of hydrazone groups is 1. The van der Waals surface area contributed by atoms with Crippen molar-refractivity contribution < 1.29 is 9.53 Å². The predicted octanol–water partition coefficient (Wildman–Crippen LogP) is 1.01. The van der Waals surface area contributed by atoms with Gasteiger partial charge in [-0.15, -0.1) is 0 Å². The van der Waals surface area contributed by atoms with E-state index in [0.29, 0.717) is 18.9 Å². The number of hydrogen-bond acceptors (Lipinski definition) is 4. The van der Waals surface area contributed by atoms with Crippen molar-refractivity contribution >= 4 is 23.0 Å². The minimum atomic E-state index is -0.204. The quantitative estimate of drug-likeness (QED) is 0.733. The zero-order valence-electron chi connectivity index (χ0n) is 9.30.